The molecule has 1 amide bonds. The summed E-state index contributed by atoms with van der Waals surface area (Å²) in [5, 5.41) is 12.4. The summed E-state index contributed by atoms with van der Waals surface area (Å²) in [4.78, 5) is 20.8. The van der Waals surface area contributed by atoms with Crippen LogP contribution in [0.25, 0.3) is 0 Å². The molecule has 0 fully saturated rings. The van der Waals surface area contributed by atoms with Gasteiger partial charge in [0.1, 0.15) is 11.6 Å². The maximum Gasteiger partial charge on any atom is 0.242 e. The van der Waals surface area contributed by atoms with Crippen LogP contribution in [-0.4, -0.2) is 35.5 Å². The predicted molar refractivity (Wildman–Crippen MR) is 117 cm³/mol. The molecule has 8 heteroatoms. The standard InChI is InChI=1S/C17H31N5OS.HI/c1-8-18-15(19-9-13(23)22-17(5,6)7)20-10-14-21-12(11-24-14)16(2,3)4;/h11H,8-10H2,1-7H3,(H,22,23)(H2,18,19,20);1H. The number of hydrogen-bond acceptors (Lipinski definition) is 4. The van der Waals surface area contributed by atoms with Gasteiger partial charge < -0.3 is 16.0 Å². The maximum atomic E-state index is 11.9. The van der Waals surface area contributed by atoms with Gasteiger partial charge in [-0.2, -0.15) is 0 Å². The Morgan fingerprint density at radius 3 is 2.32 bits per heavy atom. The molecule has 0 aliphatic rings. The highest BCUT2D eigenvalue weighted by Crippen LogP contribution is 2.23. The fraction of sp³-hybridized carbons (Fsp3) is 0.706. The van der Waals surface area contributed by atoms with Crippen molar-refractivity contribution in [3.63, 3.8) is 0 Å². The molecule has 0 saturated heterocycles. The first-order chi connectivity index (χ1) is 11.0. The van der Waals surface area contributed by atoms with Crippen molar-refractivity contribution in [3.05, 3.63) is 16.1 Å². The van der Waals surface area contributed by atoms with E-state index in [2.05, 4.69) is 52.1 Å². The second-order valence-corrected chi connectivity index (χ2v) is 8.67. The van der Waals surface area contributed by atoms with E-state index in [0.29, 0.717) is 12.5 Å². The number of guanidine groups is 1. The van der Waals surface area contributed by atoms with Crippen molar-refractivity contribution >= 4 is 47.2 Å². The molecule has 0 aliphatic carbocycles. The predicted octanol–water partition coefficient (Wildman–Crippen LogP) is 3.03. The van der Waals surface area contributed by atoms with Crippen LogP contribution in [0.1, 0.15) is 59.2 Å². The second kappa shape index (κ2) is 10.3. The van der Waals surface area contributed by atoms with Crippen molar-refractivity contribution < 1.29 is 4.79 Å². The van der Waals surface area contributed by atoms with Crippen molar-refractivity contribution in [2.45, 2.75) is 66.0 Å². The summed E-state index contributed by atoms with van der Waals surface area (Å²) < 4.78 is 0. The number of thiazole rings is 1. The molecule has 0 saturated carbocycles. The van der Waals surface area contributed by atoms with E-state index in [1.807, 2.05) is 27.7 Å². The number of amides is 1. The van der Waals surface area contributed by atoms with Gasteiger partial charge in [0.15, 0.2) is 5.96 Å². The number of aliphatic imine (C=N–C) groups is 1. The van der Waals surface area contributed by atoms with Gasteiger partial charge >= 0.3 is 0 Å². The Hall–Kier alpha value is -0.900. The van der Waals surface area contributed by atoms with Crippen molar-refractivity contribution in [1.82, 2.24) is 20.9 Å². The van der Waals surface area contributed by atoms with Crippen LogP contribution in [0, 0.1) is 0 Å². The van der Waals surface area contributed by atoms with Crippen LogP contribution >= 0.6 is 35.3 Å². The van der Waals surface area contributed by atoms with Gasteiger partial charge in [0.25, 0.3) is 0 Å². The van der Waals surface area contributed by atoms with E-state index >= 15 is 0 Å². The third kappa shape index (κ3) is 9.98. The minimum Gasteiger partial charge on any atom is -0.357 e. The number of hydrogen-bond donors (Lipinski definition) is 3. The van der Waals surface area contributed by atoms with Crippen LogP contribution in [-0.2, 0) is 16.8 Å². The molecule has 0 bridgehead atoms. The van der Waals surface area contributed by atoms with Crippen molar-refractivity contribution in [1.29, 1.82) is 0 Å². The minimum atomic E-state index is -0.247. The largest absolute Gasteiger partial charge is 0.357 e. The SMILES string of the molecule is CCNC(=NCC(=O)NC(C)(C)C)NCc1nc(C(C)(C)C)cs1.I. The fourth-order valence-corrected chi connectivity index (χ4v) is 2.81. The van der Waals surface area contributed by atoms with Crippen LogP contribution < -0.4 is 16.0 Å². The lowest BCUT2D eigenvalue weighted by Crippen LogP contribution is -2.43. The fourth-order valence-electron chi connectivity index (χ4n) is 1.85. The van der Waals surface area contributed by atoms with Gasteiger partial charge in [-0.3, -0.25) is 4.79 Å². The lowest BCUT2D eigenvalue weighted by atomic mass is 9.93. The molecule has 0 spiro atoms. The van der Waals surface area contributed by atoms with Crippen molar-refractivity contribution in [3.8, 4) is 0 Å². The van der Waals surface area contributed by atoms with Crippen molar-refractivity contribution in [2.24, 2.45) is 4.99 Å². The summed E-state index contributed by atoms with van der Waals surface area (Å²) in [5.41, 5.74) is 0.900. The molecular formula is C17H32IN5OS. The summed E-state index contributed by atoms with van der Waals surface area (Å²) in [5.74, 6) is 0.526. The lowest BCUT2D eigenvalue weighted by molar-refractivity contribution is -0.121. The molecule has 144 valence electrons. The number of aromatic nitrogens is 1. The van der Waals surface area contributed by atoms with Gasteiger partial charge in [-0.1, -0.05) is 20.8 Å². The number of nitrogens with one attached hydrogen (secondary N) is 3. The summed E-state index contributed by atoms with van der Waals surface area (Å²) in [6.45, 7) is 15.7. The molecule has 1 aromatic rings. The zero-order valence-corrected chi connectivity index (χ0v) is 19.5. The van der Waals surface area contributed by atoms with Crippen LogP contribution in [0.5, 0.6) is 0 Å². The third-order valence-corrected chi connectivity index (χ3v) is 3.82. The highest BCUT2D eigenvalue weighted by molar-refractivity contribution is 14.0. The highest BCUT2D eigenvalue weighted by Gasteiger charge is 2.17. The molecule has 6 nitrogen and oxygen atoms in total. The smallest absolute Gasteiger partial charge is 0.242 e. The molecule has 0 aromatic carbocycles. The number of rotatable bonds is 5. The molecule has 0 aliphatic heterocycles. The number of nitrogens with zero attached hydrogens (tertiary/aromatic N) is 2. The lowest BCUT2D eigenvalue weighted by Gasteiger charge is -2.20. The van der Waals surface area contributed by atoms with E-state index in [4.69, 9.17) is 0 Å². The van der Waals surface area contributed by atoms with E-state index in [9.17, 15) is 4.79 Å². The average molecular weight is 481 g/mol. The molecular weight excluding hydrogens is 449 g/mol. The van der Waals surface area contributed by atoms with Gasteiger partial charge in [-0.05, 0) is 27.7 Å². The van der Waals surface area contributed by atoms with Gasteiger partial charge in [0.05, 0.1) is 12.2 Å². The van der Waals surface area contributed by atoms with E-state index in [-0.39, 0.29) is 47.4 Å². The Morgan fingerprint density at radius 2 is 1.84 bits per heavy atom. The summed E-state index contributed by atoms with van der Waals surface area (Å²) in [6.07, 6.45) is 0. The van der Waals surface area contributed by atoms with E-state index in [1.54, 1.807) is 11.3 Å². The van der Waals surface area contributed by atoms with Crippen LogP contribution in [0.2, 0.25) is 0 Å². The number of halogens is 1. The maximum absolute atomic E-state index is 11.9. The first-order valence-electron chi connectivity index (χ1n) is 8.29. The third-order valence-electron chi connectivity index (χ3n) is 2.97. The zero-order valence-electron chi connectivity index (χ0n) is 16.3. The van der Waals surface area contributed by atoms with Gasteiger partial charge in [0.2, 0.25) is 5.91 Å². The first-order valence-corrected chi connectivity index (χ1v) is 9.17. The number of carbonyl (C=O) groups excluding carboxylic acids is 1. The normalized spacial score (nSPS) is 12.4. The van der Waals surface area contributed by atoms with E-state index < -0.39 is 0 Å². The molecule has 0 atom stereocenters. The highest BCUT2D eigenvalue weighted by atomic mass is 127. The Labute approximate surface area is 172 Å². The summed E-state index contributed by atoms with van der Waals surface area (Å²) >= 11 is 1.63. The van der Waals surface area contributed by atoms with E-state index in [1.165, 1.54) is 0 Å². The summed E-state index contributed by atoms with van der Waals surface area (Å²) in [6, 6.07) is 0. The molecule has 3 N–H and O–H groups in total. The monoisotopic (exact) mass is 481 g/mol. The summed E-state index contributed by atoms with van der Waals surface area (Å²) in [7, 11) is 0. The average Bonchev–Trinajstić information content (AvgIpc) is 2.89. The molecule has 1 aromatic heterocycles. The quantitative estimate of drug-likeness (QED) is 0.343. The Kier molecular flexibility index (Phi) is 9.93. The molecule has 0 unspecified atom stereocenters. The van der Waals surface area contributed by atoms with Gasteiger partial charge in [0, 0.05) is 22.9 Å². The molecule has 25 heavy (non-hydrogen) atoms. The second-order valence-electron chi connectivity index (χ2n) is 7.72. The van der Waals surface area contributed by atoms with Gasteiger partial charge in [-0.15, -0.1) is 35.3 Å². The zero-order chi connectivity index (χ0) is 18.4. The van der Waals surface area contributed by atoms with E-state index in [0.717, 1.165) is 17.2 Å². The van der Waals surface area contributed by atoms with Crippen molar-refractivity contribution in [2.75, 3.05) is 13.1 Å². The molecule has 1 rings (SSSR count). The first kappa shape index (κ1) is 24.1. The Bertz CT molecular complexity index is 572. The van der Waals surface area contributed by atoms with Crippen LogP contribution in [0.3, 0.4) is 0 Å². The van der Waals surface area contributed by atoms with Crippen LogP contribution in [0.4, 0.5) is 0 Å². The topological polar surface area (TPSA) is 78.4 Å². The Morgan fingerprint density at radius 1 is 1.20 bits per heavy atom. The van der Waals surface area contributed by atoms with Crippen LogP contribution in [0.15, 0.2) is 10.4 Å². The number of carbonyl (C=O) groups is 1. The van der Waals surface area contributed by atoms with Gasteiger partial charge in [-0.25, -0.2) is 9.98 Å². The molecule has 0 radical (unpaired) electrons. The Balaban J connectivity index is 0.00000576. The molecule has 1 heterocycles. The minimum absolute atomic E-state index is 0.